The first kappa shape index (κ1) is 14.8. The maximum Gasteiger partial charge on any atom is 0.150 e. The third-order valence-electron chi connectivity index (χ3n) is 3.02. The van der Waals surface area contributed by atoms with Crippen molar-refractivity contribution in [3.05, 3.63) is 58.1 Å². The summed E-state index contributed by atoms with van der Waals surface area (Å²) in [4.78, 5) is 10.7. The van der Waals surface area contributed by atoms with Gasteiger partial charge >= 0.3 is 0 Å². The molecule has 2 nitrogen and oxygen atoms in total. The highest BCUT2D eigenvalue weighted by atomic mass is 79.9. The number of benzene rings is 2. The second-order valence-corrected chi connectivity index (χ2v) is 6.54. The van der Waals surface area contributed by atoms with E-state index in [1.807, 2.05) is 18.2 Å². The zero-order valence-electron chi connectivity index (χ0n) is 11.8. The lowest BCUT2D eigenvalue weighted by atomic mass is 9.87. The predicted molar refractivity (Wildman–Crippen MR) is 84.7 cm³/mol. The van der Waals surface area contributed by atoms with E-state index in [4.69, 9.17) is 4.74 Å². The van der Waals surface area contributed by atoms with Crippen molar-refractivity contribution < 1.29 is 9.53 Å². The van der Waals surface area contributed by atoms with Gasteiger partial charge in [-0.05, 0) is 57.2 Å². The van der Waals surface area contributed by atoms with Crippen LogP contribution in [0.5, 0.6) is 11.5 Å². The van der Waals surface area contributed by atoms with Crippen LogP contribution in [0.1, 0.15) is 36.7 Å². The first-order valence-electron chi connectivity index (χ1n) is 6.43. The molecule has 0 heterocycles. The third kappa shape index (κ3) is 3.48. The quantitative estimate of drug-likeness (QED) is 0.708. The number of hydrogen-bond donors (Lipinski definition) is 0. The van der Waals surface area contributed by atoms with Crippen LogP contribution in [0.25, 0.3) is 0 Å². The lowest BCUT2D eigenvalue weighted by molar-refractivity contribution is 0.112. The summed E-state index contributed by atoms with van der Waals surface area (Å²) in [5.41, 5.74) is 1.92. The molecule has 0 saturated carbocycles. The van der Waals surface area contributed by atoms with Crippen LogP contribution in [0, 0.1) is 0 Å². The van der Waals surface area contributed by atoms with E-state index in [1.54, 1.807) is 18.2 Å². The summed E-state index contributed by atoms with van der Waals surface area (Å²) in [6, 6.07) is 13.3. The molecular formula is C17H17BrO2. The van der Waals surface area contributed by atoms with Crippen molar-refractivity contribution in [3.63, 3.8) is 0 Å². The molecule has 2 rings (SSSR count). The molecule has 0 aliphatic rings. The largest absolute Gasteiger partial charge is 0.456 e. The zero-order valence-corrected chi connectivity index (χ0v) is 13.4. The summed E-state index contributed by atoms with van der Waals surface area (Å²) in [5.74, 6) is 1.48. The van der Waals surface area contributed by atoms with E-state index in [0.29, 0.717) is 11.3 Å². The predicted octanol–water partition coefficient (Wildman–Crippen LogP) is 5.35. The van der Waals surface area contributed by atoms with Gasteiger partial charge in [-0.3, -0.25) is 4.79 Å². The molecule has 0 aliphatic heterocycles. The summed E-state index contributed by atoms with van der Waals surface area (Å²) >= 11 is 3.42. The number of carbonyl (C=O) groups excluding carboxylic acids is 1. The molecular weight excluding hydrogens is 316 g/mol. The molecule has 0 saturated heterocycles. The number of hydrogen-bond acceptors (Lipinski definition) is 2. The minimum Gasteiger partial charge on any atom is -0.456 e. The van der Waals surface area contributed by atoms with Crippen molar-refractivity contribution in [3.8, 4) is 11.5 Å². The fourth-order valence-corrected chi connectivity index (χ4v) is 2.30. The maximum atomic E-state index is 10.7. The topological polar surface area (TPSA) is 26.3 Å². The summed E-state index contributed by atoms with van der Waals surface area (Å²) in [7, 11) is 0. The van der Waals surface area contributed by atoms with Crippen molar-refractivity contribution in [2.24, 2.45) is 0 Å². The van der Waals surface area contributed by atoms with Crippen molar-refractivity contribution in [2.45, 2.75) is 26.2 Å². The first-order valence-corrected chi connectivity index (χ1v) is 7.22. The molecule has 0 atom stereocenters. The second kappa shape index (κ2) is 5.80. The highest BCUT2D eigenvalue weighted by Gasteiger charge is 2.14. The van der Waals surface area contributed by atoms with Gasteiger partial charge in [-0.2, -0.15) is 0 Å². The summed E-state index contributed by atoms with van der Waals surface area (Å²) < 4.78 is 6.65. The van der Waals surface area contributed by atoms with E-state index < -0.39 is 0 Å². The van der Waals surface area contributed by atoms with Crippen LogP contribution in [-0.2, 0) is 5.41 Å². The molecule has 3 heteroatoms. The van der Waals surface area contributed by atoms with Crippen molar-refractivity contribution in [1.29, 1.82) is 0 Å². The number of ether oxygens (including phenoxy) is 1. The molecule has 104 valence electrons. The van der Waals surface area contributed by atoms with Crippen LogP contribution in [-0.4, -0.2) is 6.29 Å². The highest BCUT2D eigenvalue weighted by molar-refractivity contribution is 9.10. The van der Waals surface area contributed by atoms with Crippen molar-refractivity contribution in [1.82, 2.24) is 0 Å². The average molecular weight is 333 g/mol. The van der Waals surface area contributed by atoms with E-state index in [-0.39, 0.29) is 5.41 Å². The van der Waals surface area contributed by atoms with Gasteiger partial charge in [0.05, 0.1) is 4.47 Å². The lowest BCUT2D eigenvalue weighted by Crippen LogP contribution is -2.10. The Labute approximate surface area is 127 Å². The smallest absolute Gasteiger partial charge is 0.150 e. The number of aldehydes is 1. The van der Waals surface area contributed by atoms with Gasteiger partial charge in [0.1, 0.15) is 17.8 Å². The molecule has 0 aromatic heterocycles. The van der Waals surface area contributed by atoms with Crippen molar-refractivity contribution in [2.75, 3.05) is 0 Å². The van der Waals surface area contributed by atoms with Crippen LogP contribution in [0.4, 0.5) is 0 Å². The molecule has 20 heavy (non-hydrogen) atoms. The molecule has 0 unspecified atom stereocenters. The molecule has 2 aromatic carbocycles. The Morgan fingerprint density at radius 3 is 2.45 bits per heavy atom. The van der Waals surface area contributed by atoms with Crippen LogP contribution < -0.4 is 4.74 Å². The maximum absolute atomic E-state index is 10.7. The SMILES string of the molecule is CC(C)(C)c1cccc(Oc2ccc(C=O)cc2Br)c1. The zero-order chi connectivity index (χ0) is 14.8. The number of carbonyl (C=O) groups is 1. The van der Waals surface area contributed by atoms with Crippen LogP contribution in [0.15, 0.2) is 46.9 Å². The highest BCUT2D eigenvalue weighted by Crippen LogP contribution is 2.32. The standard InChI is InChI=1S/C17H17BrO2/c1-17(2,3)13-5-4-6-14(10-13)20-16-8-7-12(11-19)9-15(16)18/h4-11H,1-3H3. The first-order chi connectivity index (χ1) is 9.40. The van der Waals surface area contributed by atoms with Gasteiger partial charge in [0.25, 0.3) is 0 Å². The van der Waals surface area contributed by atoms with Crippen LogP contribution in [0.3, 0.4) is 0 Å². The van der Waals surface area contributed by atoms with E-state index in [1.165, 1.54) is 5.56 Å². The van der Waals surface area contributed by atoms with E-state index in [9.17, 15) is 4.79 Å². The minimum atomic E-state index is 0.0813. The Morgan fingerprint density at radius 1 is 1.10 bits per heavy atom. The second-order valence-electron chi connectivity index (χ2n) is 5.69. The Hall–Kier alpha value is -1.61. The molecule has 0 amide bonds. The molecule has 0 fully saturated rings. The van der Waals surface area contributed by atoms with Gasteiger partial charge in [-0.15, -0.1) is 0 Å². The Bertz CT molecular complexity index is 627. The fourth-order valence-electron chi connectivity index (χ4n) is 1.83. The van der Waals surface area contributed by atoms with Gasteiger partial charge < -0.3 is 4.74 Å². The number of halogens is 1. The summed E-state index contributed by atoms with van der Waals surface area (Å²) in [6.07, 6.45) is 0.814. The molecule has 0 aliphatic carbocycles. The Morgan fingerprint density at radius 2 is 1.85 bits per heavy atom. The van der Waals surface area contributed by atoms with Gasteiger partial charge in [-0.25, -0.2) is 0 Å². The van der Waals surface area contributed by atoms with E-state index in [2.05, 4.69) is 42.8 Å². The third-order valence-corrected chi connectivity index (χ3v) is 3.64. The van der Waals surface area contributed by atoms with E-state index >= 15 is 0 Å². The molecule has 0 radical (unpaired) electrons. The Balaban J connectivity index is 2.28. The van der Waals surface area contributed by atoms with Crippen LogP contribution in [0.2, 0.25) is 0 Å². The molecule has 0 spiro atoms. The summed E-state index contributed by atoms with van der Waals surface area (Å²) in [6.45, 7) is 6.50. The van der Waals surface area contributed by atoms with E-state index in [0.717, 1.165) is 16.5 Å². The van der Waals surface area contributed by atoms with Crippen molar-refractivity contribution >= 4 is 22.2 Å². The molecule has 2 aromatic rings. The molecule has 0 N–H and O–H groups in total. The van der Waals surface area contributed by atoms with Gasteiger partial charge in [0.2, 0.25) is 0 Å². The lowest BCUT2D eigenvalue weighted by Gasteiger charge is -2.19. The summed E-state index contributed by atoms with van der Waals surface area (Å²) in [5, 5.41) is 0. The molecule has 0 bridgehead atoms. The van der Waals surface area contributed by atoms with Gasteiger partial charge in [-0.1, -0.05) is 32.9 Å². The average Bonchev–Trinajstić information content (AvgIpc) is 2.40. The van der Waals surface area contributed by atoms with Crippen LogP contribution >= 0.6 is 15.9 Å². The number of rotatable bonds is 3. The monoisotopic (exact) mass is 332 g/mol. The Kier molecular flexibility index (Phi) is 4.29. The van der Waals surface area contributed by atoms with Gasteiger partial charge in [0.15, 0.2) is 0 Å². The normalized spacial score (nSPS) is 11.2. The fraction of sp³-hybridized carbons (Fsp3) is 0.235. The minimum absolute atomic E-state index is 0.0813. The van der Waals surface area contributed by atoms with Gasteiger partial charge in [0, 0.05) is 5.56 Å².